The smallest absolute Gasteiger partial charge is 0.0897 e. The summed E-state index contributed by atoms with van der Waals surface area (Å²) in [5.74, 6) is 0. The molecule has 2 aliphatic heterocycles. The summed E-state index contributed by atoms with van der Waals surface area (Å²) in [4.78, 5) is 9.60. The summed E-state index contributed by atoms with van der Waals surface area (Å²) in [7, 11) is 0. The van der Waals surface area contributed by atoms with Gasteiger partial charge in [-0.1, -0.05) is 0 Å². The highest BCUT2D eigenvalue weighted by Gasteiger charge is 2.19. The number of thiazole rings is 1. The van der Waals surface area contributed by atoms with Crippen molar-refractivity contribution in [1.29, 1.82) is 0 Å². The third kappa shape index (κ3) is 5.15. The zero-order valence-electron chi connectivity index (χ0n) is 14.5. The molecule has 0 amide bonds. The minimum Gasteiger partial charge on any atom is -0.309 e. The van der Waals surface area contributed by atoms with Gasteiger partial charge in [0.1, 0.15) is 0 Å². The molecule has 0 aliphatic carbocycles. The summed E-state index contributed by atoms with van der Waals surface area (Å²) in [5.41, 5.74) is 3.76. The Hall–Kier alpha value is -0.700. The van der Waals surface area contributed by atoms with Crippen LogP contribution in [0.4, 0.5) is 0 Å². The van der Waals surface area contributed by atoms with Crippen LogP contribution in [0, 0.1) is 6.92 Å². The first-order valence-electron chi connectivity index (χ1n) is 8.38. The van der Waals surface area contributed by atoms with Crippen molar-refractivity contribution in [2.24, 2.45) is 0 Å². The van der Waals surface area contributed by atoms with Crippen molar-refractivity contribution in [1.82, 2.24) is 29.9 Å². The number of hydrogen-bond acceptors (Lipinski definition) is 6. The predicted molar refractivity (Wildman–Crippen MR) is 106 cm³/mol. The Morgan fingerprint density at radius 1 is 1.04 bits per heavy atom. The largest absolute Gasteiger partial charge is 0.309 e. The summed E-state index contributed by atoms with van der Waals surface area (Å²) in [6.07, 6.45) is 0. The maximum atomic E-state index is 4.75. The van der Waals surface area contributed by atoms with Crippen molar-refractivity contribution >= 4 is 36.2 Å². The molecule has 0 bridgehead atoms. The Bertz CT molecular complexity index is 642. The number of rotatable bonds is 4. The monoisotopic (exact) mass is 404 g/mol. The first kappa shape index (κ1) is 20.6. The molecule has 0 aromatic carbocycles. The van der Waals surface area contributed by atoms with Crippen molar-refractivity contribution < 1.29 is 0 Å². The van der Waals surface area contributed by atoms with E-state index in [1.807, 2.05) is 0 Å². The van der Waals surface area contributed by atoms with E-state index in [4.69, 9.17) is 5.10 Å². The molecule has 9 heteroatoms. The molecule has 2 aromatic rings. The van der Waals surface area contributed by atoms with E-state index in [1.54, 1.807) is 11.3 Å². The van der Waals surface area contributed by atoms with E-state index >= 15 is 0 Å². The molecule has 2 aromatic heterocycles. The van der Waals surface area contributed by atoms with Gasteiger partial charge in [-0.15, -0.1) is 36.2 Å². The summed E-state index contributed by atoms with van der Waals surface area (Å²) < 4.78 is 2.16. The molecule has 0 spiro atoms. The van der Waals surface area contributed by atoms with Crippen LogP contribution in [0.5, 0.6) is 0 Å². The molecule has 6 nitrogen and oxygen atoms in total. The number of nitrogens with zero attached hydrogens (tertiary/aromatic N) is 5. The van der Waals surface area contributed by atoms with E-state index in [0.29, 0.717) is 0 Å². The van der Waals surface area contributed by atoms with Crippen LogP contribution in [0.1, 0.15) is 22.1 Å². The molecular formula is C16H26Cl2N6S. The molecule has 140 valence electrons. The topological polar surface area (TPSA) is 49.2 Å². The molecule has 1 N–H and O–H groups in total. The highest BCUT2D eigenvalue weighted by Crippen LogP contribution is 2.14. The number of halogens is 2. The van der Waals surface area contributed by atoms with Gasteiger partial charge in [0, 0.05) is 57.7 Å². The Morgan fingerprint density at radius 2 is 1.72 bits per heavy atom. The van der Waals surface area contributed by atoms with Crippen molar-refractivity contribution in [3.8, 4) is 0 Å². The number of aryl methyl sites for hydroxylation is 1. The second kappa shape index (κ2) is 9.30. The minimum absolute atomic E-state index is 0. The van der Waals surface area contributed by atoms with Gasteiger partial charge in [-0.05, 0) is 13.0 Å². The number of nitrogens with one attached hydrogen (secondary N) is 1. The zero-order valence-corrected chi connectivity index (χ0v) is 16.9. The van der Waals surface area contributed by atoms with Crippen molar-refractivity contribution in [2.45, 2.75) is 33.1 Å². The Kier molecular flexibility index (Phi) is 7.67. The summed E-state index contributed by atoms with van der Waals surface area (Å²) in [6.45, 7) is 11.5. The molecular weight excluding hydrogens is 379 g/mol. The molecule has 2 aliphatic rings. The average molecular weight is 405 g/mol. The van der Waals surface area contributed by atoms with Crippen molar-refractivity contribution in [2.75, 3.05) is 32.7 Å². The zero-order chi connectivity index (χ0) is 15.6. The van der Waals surface area contributed by atoms with Crippen LogP contribution < -0.4 is 5.32 Å². The van der Waals surface area contributed by atoms with Crippen LogP contribution in [0.25, 0.3) is 0 Å². The molecule has 4 heterocycles. The van der Waals surface area contributed by atoms with Gasteiger partial charge in [0.05, 0.1) is 28.6 Å². The van der Waals surface area contributed by atoms with Gasteiger partial charge in [-0.25, -0.2) is 4.98 Å². The molecule has 4 rings (SSSR count). The second-order valence-corrected chi connectivity index (χ2v) is 7.50. The van der Waals surface area contributed by atoms with Crippen molar-refractivity contribution in [3.05, 3.63) is 33.5 Å². The first-order chi connectivity index (χ1) is 11.3. The molecule has 25 heavy (non-hydrogen) atoms. The van der Waals surface area contributed by atoms with Gasteiger partial charge in [0.15, 0.2) is 0 Å². The Balaban J connectivity index is 0.00000113. The minimum atomic E-state index is 0. The first-order valence-corrected chi connectivity index (χ1v) is 9.26. The summed E-state index contributed by atoms with van der Waals surface area (Å²) >= 11 is 1.74. The van der Waals surface area contributed by atoms with Crippen LogP contribution in [0.3, 0.4) is 0 Å². The number of fused-ring (bicyclic) bond motifs is 1. The third-order valence-electron chi connectivity index (χ3n) is 4.62. The van der Waals surface area contributed by atoms with E-state index in [2.05, 4.69) is 43.2 Å². The fraction of sp³-hybridized carbons (Fsp3) is 0.625. The molecule has 0 radical (unpaired) electrons. The van der Waals surface area contributed by atoms with Crippen molar-refractivity contribution in [3.63, 3.8) is 0 Å². The van der Waals surface area contributed by atoms with Gasteiger partial charge in [0.25, 0.3) is 0 Å². The molecule has 0 atom stereocenters. The van der Waals surface area contributed by atoms with Gasteiger partial charge in [-0.2, -0.15) is 5.10 Å². The number of hydrogen-bond donors (Lipinski definition) is 1. The van der Waals surface area contributed by atoms with Gasteiger partial charge < -0.3 is 5.32 Å². The highest BCUT2D eigenvalue weighted by molar-refractivity contribution is 7.09. The molecule has 1 fully saturated rings. The summed E-state index contributed by atoms with van der Waals surface area (Å²) in [5, 5.41) is 11.5. The Labute approximate surface area is 165 Å². The highest BCUT2D eigenvalue weighted by atomic mass is 35.5. The molecule has 0 saturated carbocycles. The van der Waals surface area contributed by atoms with Gasteiger partial charge in [0.2, 0.25) is 0 Å². The fourth-order valence-corrected chi connectivity index (χ4v) is 3.98. The van der Waals surface area contributed by atoms with E-state index in [0.717, 1.165) is 63.9 Å². The molecule has 1 saturated heterocycles. The summed E-state index contributed by atoms with van der Waals surface area (Å²) in [6, 6.07) is 2.26. The van der Waals surface area contributed by atoms with E-state index in [1.165, 1.54) is 17.1 Å². The van der Waals surface area contributed by atoms with E-state index in [-0.39, 0.29) is 24.8 Å². The van der Waals surface area contributed by atoms with Crippen LogP contribution in [-0.4, -0.2) is 57.3 Å². The average Bonchev–Trinajstić information content (AvgIpc) is 3.14. The fourth-order valence-electron chi connectivity index (χ4n) is 3.37. The maximum Gasteiger partial charge on any atom is 0.0897 e. The van der Waals surface area contributed by atoms with Crippen LogP contribution in [-0.2, 0) is 26.2 Å². The maximum absolute atomic E-state index is 4.75. The van der Waals surface area contributed by atoms with Crippen LogP contribution in [0.15, 0.2) is 11.4 Å². The second-order valence-electron chi connectivity index (χ2n) is 6.44. The lowest BCUT2D eigenvalue weighted by molar-refractivity contribution is 0.120. The van der Waals surface area contributed by atoms with Gasteiger partial charge >= 0.3 is 0 Å². The lowest BCUT2D eigenvalue weighted by atomic mass is 10.2. The predicted octanol–water partition coefficient (Wildman–Crippen LogP) is 1.91. The quantitative estimate of drug-likeness (QED) is 0.842. The standard InChI is InChI=1S/C16H24N6S.2ClH/c1-13-18-15(12-23-13)11-21-6-4-20(5-7-21)10-14-8-16-9-17-2-3-22(16)19-14;;/h8,12,17H,2-7,9-11H2,1H3;2*1H. The van der Waals surface area contributed by atoms with Crippen LogP contribution >= 0.6 is 36.2 Å². The van der Waals surface area contributed by atoms with Gasteiger partial charge in [-0.3, -0.25) is 14.5 Å². The number of aromatic nitrogens is 3. The Morgan fingerprint density at radius 3 is 2.32 bits per heavy atom. The third-order valence-corrected chi connectivity index (χ3v) is 5.45. The van der Waals surface area contributed by atoms with E-state index < -0.39 is 0 Å². The number of piperazine rings is 1. The van der Waals surface area contributed by atoms with Crippen LogP contribution in [0.2, 0.25) is 0 Å². The SMILES string of the molecule is Cc1nc(CN2CCN(Cc3cc4n(n3)CCNC4)CC2)cs1.Cl.Cl. The van der Waals surface area contributed by atoms with E-state index in [9.17, 15) is 0 Å². The normalized spacial score (nSPS) is 18.3. The lowest BCUT2D eigenvalue weighted by Crippen LogP contribution is -2.45. The molecule has 0 unspecified atom stereocenters. The lowest BCUT2D eigenvalue weighted by Gasteiger charge is -2.33.